The van der Waals surface area contributed by atoms with E-state index in [-0.39, 0.29) is 0 Å². The Balaban J connectivity index is 2.18. The van der Waals surface area contributed by atoms with Crippen LogP contribution in [0.15, 0.2) is 12.1 Å². The van der Waals surface area contributed by atoms with Crippen LogP contribution >= 0.6 is 11.8 Å². The molecule has 0 saturated carbocycles. The highest BCUT2D eigenvalue weighted by molar-refractivity contribution is 8.00. The Bertz CT molecular complexity index is 327. The van der Waals surface area contributed by atoms with Crippen molar-refractivity contribution in [2.45, 2.75) is 25.1 Å². The van der Waals surface area contributed by atoms with E-state index in [0.29, 0.717) is 17.1 Å². The van der Waals surface area contributed by atoms with Crippen molar-refractivity contribution < 1.29 is 0 Å². The van der Waals surface area contributed by atoms with Gasteiger partial charge >= 0.3 is 0 Å². The van der Waals surface area contributed by atoms with E-state index in [1.807, 2.05) is 23.9 Å². The fraction of sp³-hybridized carbons (Fsp3) is 0.600. The third-order valence-corrected chi connectivity index (χ3v) is 4.19. The van der Waals surface area contributed by atoms with Gasteiger partial charge in [-0.1, -0.05) is 6.92 Å². The molecule has 1 aromatic heterocycles. The van der Waals surface area contributed by atoms with Gasteiger partial charge in [0.1, 0.15) is 5.82 Å². The number of aromatic nitrogens is 2. The van der Waals surface area contributed by atoms with Crippen LogP contribution in [0.1, 0.15) is 13.8 Å². The molecule has 2 unspecified atom stereocenters. The zero-order valence-electron chi connectivity index (χ0n) is 9.05. The lowest BCUT2D eigenvalue weighted by molar-refractivity contribution is 0.616. The Hall–Kier alpha value is -0.970. The molecule has 2 rings (SSSR count). The summed E-state index contributed by atoms with van der Waals surface area (Å²) in [6.07, 6.45) is 0. The van der Waals surface area contributed by atoms with Crippen LogP contribution < -0.4 is 10.6 Å². The zero-order chi connectivity index (χ0) is 10.8. The first-order valence-corrected chi connectivity index (χ1v) is 6.21. The maximum absolute atomic E-state index is 5.52. The predicted molar refractivity (Wildman–Crippen MR) is 65.2 cm³/mol. The number of nitrogens with zero attached hydrogens (tertiary/aromatic N) is 3. The van der Waals surface area contributed by atoms with Crippen molar-refractivity contribution in [3.05, 3.63) is 12.1 Å². The quantitative estimate of drug-likeness (QED) is 0.781. The van der Waals surface area contributed by atoms with E-state index < -0.39 is 0 Å². The maximum atomic E-state index is 5.52. The van der Waals surface area contributed by atoms with E-state index >= 15 is 0 Å². The first-order chi connectivity index (χ1) is 7.18. The third kappa shape index (κ3) is 2.17. The minimum Gasteiger partial charge on any atom is -0.382 e. The van der Waals surface area contributed by atoms with Crippen LogP contribution in [0.4, 0.5) is 11.6 Å². The number of hydrogen-bond donors (Lipinski definition) is 1. The SMILES string of the molecule is CC1SCCN(c2ccc(N)nn2)C1C. The van der Waals surface area contributed by atoms with Gasteiger partial charge in [-0.25, -0.2) is 0 Å². The van der Waals surface area contributed by atoms with Gasteiger partial charge in [-0.15, -0.1) is 10.2 Å². The number of rotatable bonds is 1. The Morgan fingerprint density at radius 3 is 2.87 bits per heavy atom. The van der Waals surface area contributed by atoms with E-state index in [1.165, 1.54) is 0 Å². The summed E-state index contributed by atoms with van der Waals surface area (Å²) in [4.78, 5) is 2.30. The molecular formula is C10H16N4S. The van der Waals surface area contributed by atoms with Crippen molar-refractivity contribution in [3.8, 4) is 0 Å². The van der Waals surface area contributed by atoms with Gasteiger partial charge in [0, 0.05) is 23.6 Å². The average Bonchev–Trinajstić information content (AvgIpc) is 2.24. The van der Waals surface area contributed by atoms with E-state index in [2.05, 4.69) is 28.9 Å². The van der Waals surface area contributed by atoms with Crippen molar-refractivity contribution in [2.24, 2.45) is 0 Å². The summed E-state index contributed by atoms with van der Waals surface area (Å²) >= 11 is 2.01. The van der Waals surface area contributed by atoms with Crippen molar-refractivity contribution in [2.75, 3.05) is 22.9 Å². The van der Waals surface area contributed by atoms with Crippen LogP contribution in [0.2, 0.25) is 0 Å². The first-order valence-electron chi connectivity index (χ1n) is 5.16. The molecule has 1 aliphatic heterocycles. The fourth-order valence-corrected chi connectivity index (χ4v) is 2.84. The predicted octanol–water partition coefficient (Wildman–Crippen LogP) is 1.39. The second-order valence-electron chi connectivity index (χ2n) is 3.83. The van der Waals surface area contributed by atoms with Crippen molar-refractivity contribution in [3.63, 3.8) is 0 Å². The van der Waals surface area contributed by atoms with Crippen LogP contribution in [0, 0.1) is 0 Å². The highest BCUT2D eigenvalue weighted by Crippen LogP contribution is 2.27. The van der Waals surface area contributed by atoms with Crippen LogP contribution in [0.5, 0.6) is 0 Å². The molecule has 15 heavy (non-hydrogen) atoms. The Labute approximate surface area is 94.2 Å². The molecule has 0 aromatic carbocycles. The van der Waals surface area contributed by atoms with Gasteiger partial charge in [0.2, 0.25) is 0 Å². The van der Waals surface area contributed by atoms with Crippen LogP contribution in [0.3, 0.4) is 0 Å². The Morgan fingerprint density at radius 1 is 1.40 bits per heavy atom. The molecule has 82 valence electrons. The molecule has 2 N–H and O–H groups in total. The molecule has 0 radical (unpaired) electrons. The molecule has 1 aromatic rings. The van der Waals surface area contributed by atoms with Gasteiger partial charge < -0.3 is 10.6 Å². The number of thioether (sulfide) groups is 1. The first kappa shape index (κ1) is 10.5. The molecule has 0 aliphatic carbocycles. The standard InChI is InChI=1S/C10H16N4S/c1-7-8(2)15-6-5-14(7)10-4-3-9(11)12-13-10/h3-4,7-8H,5-6H2,1-2H3,(H2,11,12). The minimum atomic E-state index is 0.478. The molecule has 5 heteroatoms. The topological polar surface area (TPSA) is 55.0 Å². The molecule has 1 saturated heterocycles. The summed E-state index contributed by atoms with van der Waals surface area (Å²) in [6, 6.07) is 4.25. The molecule has 4 nitrogen and oxygen atoms in total. The molecule has 1 fully saturated rings. The van der Waals surface area contributed by atoms with Crippen molar-refractivity contribution >= 4 is 23.4 Å². The summed E-state index contributed by atoms with van der Waals surface area (Å²) < 4.78 is 0. The summed E-state index contributed by atoms with van der Waals surface area (Å²) in [5, 5.41) is 8.66. The molecule has 0 amide bonds. The van der Waals surface area contributed by atoms with Gasteiger partial charge in [0.05, 0.1) is 0 Å². The van der Waals surface area contributed by atoms with Gasteiger partial charge in [-0.2, -0.15) is 11.8 Å². The Morgan fingerprint density at radius 2 is 2.20 bits per heavy atom. The number of anilines is 2. The van der Waals surface area contributed by atoms with Crippen LogP contribution in [-0.4, -0.2) is 33.8 Å². The van der Waals surface area contributed by atoms with E-state index in [9.17, 15) is 0 Å². The molecule has 2 heterocycles. The zero-order valence-corrected chi connectivity index (χ0v) is 9.87. The monoisotopic (exact) mass is 224 g/mol. The van der Waals surface area contributed by atoms with Gasteiger partial charge in [-0.3, -0.25) is 0 Å². The summed E-state index contributed by atoms with van der Waals surface area (Å²) in [7, 11) is 0. The minimum absolute atomic E-state index is 0.478. The van der Waals surface area contributed by atoms with Gasteiger partial charge in [-0.05, 0) is 19.1 Å². The summed E-state index contributed by atoms with van der Waals surface area (Å²) in [5.41, 5.74) is 5.52. The second kappa shape index (κ2) is 4.26. The van der Waals surface area contributed by atoms with E-state index in [4.69, 9.17) is 5.73 Å². The van der Waals surface area contributed by atoms with E-state index in [1.54, 1.807) is 0 Å². The summed E-state index contributed by atoms with van der Waals surface area (Å²) in [6.45, 7) is 5.52. The summed E-state index contributed by atoms with van der Waals surface area (Å²) in [5.74, 6) is 2.56. The average molecular weight is 224 g/mol. The lowest BCUT2D eigenvalue weighted by Crippen LogP contribution is -2.45. The van der Waals surface area contributed by atoms with Crippen molar-refractivity contribution in [1.82, 2.24) is 10.2 Å². The number of hydrogen-bond acceptors (Lipinski definition) is 5. The van der Waals surface area contributed by atoms with Crippen LogP contribution in [0.25, 0.3) is 0 Å². The maximum Gasteiger partial charge on any atom is 0.151 e. The number of nitrogen functional groups attached to an aromatic ring is 1. The van der Waals surface area contributed by atoms with Gasteiger partial charge in [0.25, 0.3) is 0 Å². The van der Waals surface area contributed by atoms with E-state index in [0.717, 1.165) is 18.1 Å². The highest BCUT2D eigenvalue weighted by Gasteiger charge is 2.26. The lowest BCUT2D eigenvalue weighted by atomic mass is 10.2. The normalized spacial score (nSPS) is 26.7. The number of nitrogens with two attached hydrogens (primary N) is 1. The molecular weight excluding hydrogens is 208 g/mol. The molecule has 1 aliphatic rings. The largest absolute Gasteiger partial charge is 0.382 e. The fourth-order valence-electron chi connectivity index (χ4n) is 1.75. The Kier molecular flexibility index (Phi) is 3.00. The van der Waals surface area contributed by atoms with Crippen LogP contribution in [-0.2, 0) is 0 Å². The third-order valence-electron chi connectivity index (χ3n) is 2.85. The molecule has 0 bridgehead atoms. The smallest absolute Gasteiger partial charge is 0.151 e. The van der Waals surface area contributed by atoms with Gasteiger partial charge in [0.15, 0.2) is 5.82 Å². The van der Waals surface area contributed by atoms with Crippen molar-refractivity contribution in [1.29, 1.82) is 0 Å². The molecule has 0 spiro atoms. The molecule has 2 atom stereocenters. The highest BCUT2D eigenvalue weighted by atomic mass is 32.2. The lowest BCUT2D eigenvalue weighted by Gasteiger charge is -2.37. The second-order valence-corrected chi connectivity index (χ2v) is 5.31.